The molecule has 0 bridgehead atoms. The number of fused-ring (bicyclic) bond motifs is 3. The lowest BCUT2D eigenvalue weighted by Gasteiger charge is -2.32. The van der Waals surface area contributed by atoms with Crippen LogP contribution in [0.3, 0.4) is 0 Å². The molecule has 1 aliphatic carbocycles. The Morgan fingerprint density at radius 1 is 1.25 bits per heavy atom. The number of nitrogens with one attached hydrogen (secondary N) is 1. The Morgan fingerprint density at radius 3 is 3.07 bits per heavy atom. The molecule has 3 heterocycles. The van der Waals surface area contributed by atoms with E-state index >= 15 is 0 Å². The average Bonchev–Trinajstić information content (AvgIpc) is 3.36. The Hall–Kier alpha value is -2.76. The Balaban J connectivity index is 1.32. The highest BCUT2D eigenvalue weighted by atomic mass is 16.3. The number of imidazole rings is 1. The molecule has 1 fully saturated rings. The Labute approximate surface area is 164 Å². The van der Waals surface area contributed by atoms with E-state index in [2.05, 4.69) is 20.9 Å². The van der Waals surface area contributed by atoms with Crippen molar-refractivity contribution in [2.45, 2.75) is 45.1 Å². The van der Waals surface area contributed by atoms with Crippen molar-refractivity contribution in [3.05, 3.63) is 48.2 Å². The largest absolute Gasteiger partial charge is 0.459 e. The second-order valence-electron chi connectivity index (χ2n) is 8.04. The standard InChI is InChI=1S/C22H26N4O2/c27-22(26-11-4-5-16(14-26)13-25-12-10-23-15-25)24-19-8-3-7-18-17-6-1-2-9-20(17)28-21(18)19/h3,7-8,10,12,15-16H,1-2,4-6,9,11,13-14H2,(H,24,27)/t16-/m0/s1. The quantitative estimate of drug-likeness (QED) is 0.732. The predicted molar refractivity (Wildman–Crippen MR) is 108 cm³/mol. The van der Waals surface area contributed by atoms with Gasteiger partial charge >= 0.3 is 6.03 Å². The molecule has 6 heteroatoms. The van der Waals surface area contributed by atoms with E-state index in [-0.39, 0.29) is 6.03 Å². The van der Waals surface area contributed by atoms with Crippen LogP contribution in [0.2, 0.25) is 0 Å². The van der Waals surface area contributed by atoms with Crippen molar-refractivity contribution in [2.24, 2.45) is 5.92 Å². The van der Waals surface area contributed by atoms with Crippen molar-refractivity contribution in [3.8, 4) is 0 Å². The lowest BCUT2D eigenvalue weighted by atomic mass is 9.96. The van der Waals surface area contributed by atoms with Crippen molar-refractivity contribution in [2.75, 3.05) is 18.4 Å². The fraction of sp³-hybridized carbons (Fsp3) is 0.455. The molecule has 0 unspecified atom stereocenters. The fourth-order valence-corrected chi connectivity index (χ4v) is 4.67. The summed E-state index contributed by atoms with van der Waals surface area (Å²) in [4.78, 5) is 19.0. The predicted octanol–water partition coefficient (Wildman–Crippen LogP) is 4.45. The number of amides is 2. The van der Waals surface area contributed by atoms with Gasteiger partial charge in [0.25, 0.3) is 0 Å². The molecule has 28 heavy (non-hydrogen) atoms. The van der Waals surface area contributed by atoms with Crippen molar-refractivity contribution in [3.63, 3.8) is 0 Å². The van der Waals surface area contributed by atoms with Crippen LogP contribution in [0.25, 0.3) is 11.0 Å². The third-order valence-corrected chi connectivity index (χ3v) is 6.06. The van der Waals surface area contributed by atoms with Crippen LogP contribution in [-0.2, 0) is 19.4 Å². The maximum atomic E-state index is 13.0. The van der Waals surface area contributed by atoms with E-state index in [9.17, 15) is 4.79 Å². The van der Waals surface area contributed by atoms with E-state index in [1.165, 1.54) is 18.4 Å². The van der Waals surface area contributed by atoms with Gasteiger partial charge in [0.2, 0.25) is 0 Å². The third-order valence-electron chi connectivity index (χ3n) is 6.06. The molecule has 1 saturated heterocycles. The molecule has 0 spiro atoms. The number of carbonyl (C=O) groups excluding carboxylic acids is 1. The molecule has 146 valence electrons. The molecule has 1 N–H and O–H groups in total. The van der Waals surface area contributed by atoms with Crippen molar-refractivity contribution < 1.29 is 9.21 Å². The van der Waals surface area contributed by atoms with E-state index in [4.69, 9.17) is 4.42 Å². The SMILES string of the molecule is O=C(Nc1cccc2c3c(oc12)CCCC3)N1CCC[C@@H](Cn2ccnc2)C1. The average molecular weight is 378 g/mol. The molecule has 0 radical (unpaired) electrons. The van der Waals surface area contributed by atoms with E-state index in [1.54, 1.807) is 6.20 Å². The van der Waals surface area contributed by atoms with Crippen LogP contribution >= 0.6 is 0 Å². The highest BCUT2D eigenvalue weighted by Crippen LogP contribution is 2.35. The number of aromatic nitrogens is 2. The molecular formula is C22H26N4O2. The van der Waals surface area contributed by atoms with Crippen molar-refractivity contribution in [1.29, 1.82) is 0 Å². The number of furan rings is 1. The number of rotatable bonds is 3. The summed E-state index contributed by atoms with van der Waals surface area (Å²) in [6.45, 7) is 2.48. The summed E-state index contributed by atoms with van der Waals surface area (Å²) >= 11 is 0. The highest BCUT2D eigenvalue weighted by molar-refractivity contribution is 6.00. The van der Waals surface area contributed by atoms with Crippen LogP contribution in [0.5, 0.6) is 0 Å². The van der Waals surface area contributed by atoms with Gasteiger partial charge in [0.05, 0.1) is 12.0 Å². The number of hydrogen-bond donors (Lipinski definition) is 1. The van der Waals surface area contributed by atoms with Crippen LogP contribution in [0.1, 0.15) is 37.0 Å². The number of benzene rings is 1. The smallest absolute Gasteiger partial charge is 0.321 e. The first-order valence-corrected chi connectivity index (χ1v) is 10.3. The second kappa shape index (κ2) is 7.34. The van der Waals surface area contributed by atoms with Gasteiger partial charge in [-0.15, -0.1) is 0 Å². The zero-order chi connectivity index (χ0) is 18.9. The minimum Gasteiger partial charge on any atom is -0.459 e. The van der Waals surface area contributed by atoms with Crippen LogP contribution in [0.4, 0.5) is 10.5 Å². The van der Waals surface area contributed by atoms with E-state index in [0.717, 1.165) is 67.7 Å². The normalized spacial score (nSPS) is 19.6. The molecule has 5 rings (SSSR count). The van der Waals surface area contributed by atoms with Gasteiger partial charge in [-0.2, -0.15) is 0 Å². The zero-order valence-electron chi connectivity index (χ0n) is 16.1. The van der Waals surface area contributed by atoms with Crippen molar-refractivity contribution in [1.82, 2.24) is 14.5 Å². The summed E-state index contributed by atoms with van der Waals surface area (Å²) in [6.07, 6.45) is 12.3. The third kappa shape index (κ3) is 3.28. The number of piperidine rings is 1. The van der Waals surface area contributed by atoms with E-state index < -0.39 is 0 Å². The van der Waals surface area contributed by atoms with Crippen LogP contribution < -0.4 is 5.32 Å². The number of anilines is 1. The van der Waals surface area contributed by atoms with Gasteiger partial charge < -0.3 is 19.2 Å². The molecule has 2 amide bonds. The monoisotopic (exact) mass is 378 g/mol. The maximum absolute atomic E-state index is 13.0. The van der Waals surface area contributed by atoms with Gasteiger partial charge in [0.15, 0.2) is 5.58 Å². The molecule has 2 aromatic heterocycles. The molecule has 2 aliphatic rings. The first kappa shape index (κ1) is 17.3. The Kier molecular flexibility index (Phi) is 4.55. The number of urea groups is 1. The van der Waals surface area contributed by atoms with Gasteiger partial charge in [0, 0.05) is 49.4 Å². The number of nitrogens with zero attached hydrogens (tertiary/aromatic N) is 3. The Morgan fingerprint density at radius 2 is 2.18 bits per heavy atom. The van der Waals surface area contributed by atoms with E-state index in [1.807, 2.05) is 29.6 Å². The molecule has 1 aromatic carbocycles. The first-order chi connectivity index (χ1) is 13.8. The van der Waals surface area contributed by atoms with Gasteiger partial charge in [0.1, 0.15) is 5.76 Å². The molecular weight excluding hydrogens is 352 g/mol. The van der Waals surface area contributed by atoms with Gasteiger partial charge in [-0.05, 0) is 44.1 Å². The lowest BCUT2D eigenvalue weighted by molar-refractivity contribution is 0.170. The minimum atomic E-state index is -0.0304. The number of hydrogen-bond acceptors (Lipinski definition) is 3. The summed E-state index contributed by atoms with van der Waals surface area (Å²) in [5.41, 5.74) is 2.94. The summed E-state index contributed by atoms with van der Waals surface area (Å²) in [7, 11) is 0. The summed E-state index contributed by atoms with van der Waals surface area (Å²) in [6, 6.07) is 6.04. The topological polar surface area (TPSA) is 63.3 Å². The minimum absolute atomic E-state index is 0.0304. The number of para-hydroxylation sites is 1. The van der Waals surface area contributed by atoms with Gasteiger partial charge in [-0.1, -0.05) is 12.1 Å². The first-order valence-electron chi connectivity index (χ1n) is 10.3. The van der Waals surface area contributed by atoms with Crippen LogP contribution in [0, 0.1) is 5.92 Å². The van der Waals surface area contributed by atoms with Crippen molar-refractivity contribution >= 4 is 22.7 Å². The number of likely N-dealkylation sites (tertiary alicyclic amines) is 1. The lowest BCUT2D eigenvalue weighted by Crippen LogP contribution is -2.43. The maximum Gasteiger partial charge on any atom is 0.321 e. The summed E-state index contributed by atoms with van der Waals surface area (Å²) in [5.74, 6) is 1.56. The molecule has 1 atom stereocenters. The summed E-state index contributed by atoms with van der Waals surface area (Å²) < 4.78 is 8.25. The van der Waals surface area contributed by atoms with Gasteiger partial charge in [-0.3, -0.25) is 0 Å². The number of aryl methyl sites for hydroxylation is 2. The highest BCUT2D eigenvalue weighted by Gasteiger charge is 2.25. The van der Waals surface area contributed by atoms with Gasteiger partial charge in [-0.25, -0.2) is 9.78 Å². The molecule has 1 aliphatic heterocycles. The number of carbonyl (C=O) groups is 1. The Bertz CT molecular complexity index is 976. The van der Waals surface area contributed by atoms with Crippen LogP contribution in [-0.4, -0.2) is 33.6 Å². The molecule has 3 aromatic rings. The molecule has 0 saturated carbocycles. The second-order valence-corrected chi connectivity index (χ2v) is 8.04. The fourth-order valence-electron chi connectivity index (χ4n) is 4.67. The van der Waals surface area contributed by atoms with Crippen LogP contribution in [0.15, 0.2) is 41.3 Å². The molecule has 6 nitrogen and oxygen atoms in total. The summed E-state index contributed by atoms with van der Waals surface area (Å²) in [5, 5.41) is 4.27. The zero-order valence-corrected chi connectivity index (χ0v) is 16.1. The van der Waals surface area contributed by atoms with E-state index in [0.29, 0.717) is 5.92 Å².